The van der Waals surface area contributed by atoms with Gasteiger partial charge in [0.2, 0.25) is 0 Å². The van der Waals surface area contributed by atoms with E-state index in [4.69, 9.17) is 27.9 Å². The van der Waals surface area contributed by atoms with E-state index in [1.54, 1.807) is 0 Å². The molecule has 0 bridgehead atoms. The first-order valence-electron chi connectivity index (χ1n) is 5.90. The van der Waals surface area contributed by atoms with Gasteiger partial charge in [-0.25, -0.2) is 9.78 Å². The second-order valence-corrected chi connectivity index (χ2v) is 5.17. The minimum atomic E-state index is -1.34. The number of carbonyl (C=O) groups excluding carboxylic acids is 1. The lowest BCUT2D eigenvalue weighted by Crippen LogP contribution is -2.57. The summed E-state index contributed by atoms with van der Waals surface area (Å²) in [6.07, 6.45) is 0.402. The number of nitrogens with one attached hydrogen (secondary N) is 1. The monoisotopic (exact) mass is 318 g/mol. The molecule has 1 aliphatic rings. The van der Waals surface area contributed by atoms with E-state index in [2.05, 4.69) is 10.3 Å². The minimum absolute atomic E-state index is 0.0670. The highest BCUT2D eigenvalue weighted by atomic mass is 35.5. The van der Waals surface area contributed by atoms with Crippen LogP contribution in [0.3, 0.4) is 0 Å². The summed E-state index contributed by atoms with van der Waals surface area (Å²) in [6.45, 7) is 0.554. The van der Waals surface area contributed by atoms with Gasteiger partial charge in [-0.2, -0.15) is 0 Å². The molecule has 1 saturated heterocycles. The van der Waals surface area contributed by atoms with Crippen molar-refractivity contribution >= 4 is 35.1 Å². The van der Waals surface area contributed by atoms with Gasteiger partial charge >= 0.3 is 5.97 Å². The number of carbonyl (C=O) groups is 2. The van der Waals surface area contributed by atoms with Crippen molar-refractivity contribution in [3.63, 3.8) is 0 Å². The summed E-state index contributed by atoms with van der Waals surface area (Å²) >= 11 is 11.5. The molecule has 1 aromatic rings. The predicted molar refractivity (Wildman–Crippen MR) is 72.1 cm³/mol. The number of ether oxygens (including phenoxy) is 1. The molecule has 1 amide bonds. The van der Waals surface area contributed by atoms with Crippen molar-refractivity contribution in [3.05, 3.63) is 28.0 Å². The topological polar surface area (TPSA) is 88.5 Å². The Morgan fingerprint density at radius 1 is 1.30 bits per heavy atom. The van der Waals surface area contributed by atoms with Gasteiger partial charge in [-0.1, -0.05) is 23.2 Å². The van der Waals surface area contributed by atoms with Crippen molar-refractivity contribution in [1.82, 2.24) is 10.3 Å². The number of carboxylic acid groups (broad SMARTS) is 1. The average molecular weight is 319 g/mol. The lowest BCUT2D eigenvalue weighted by molar-refractivity contribution is -0.148. The van der Waals surface area contributed by atoms with Crippen molar-refractivity contribution in [2.45, 2.75) is 18.4 Å². The van der Waals surface area contributed by atoms with Crippen LogP contribution in [0.1, 0.15) is 23.2 Å². The largest absolute Gasteiger partial charge is 0.480 e. The first-order valence-corrected chi connectivity index (χ1v) is 6.66. The number of rotatable bonds is 3. The highest BCUT2D eigenvalue weighted by Crippen LogP contribution is 2.23. The number of nitrogens with zero attached hydrogens (tertiary/aromatic N) is 1. The Morgan fingerprint density at radius 3 is 2.50 bits per heavy atom. The van der Waals surface area contributed by atoms with E-state index in [9.17, 15) is 14.7 Å². The number of aromatic nitrogens is 1. The molecule has 0 unspecified atom stereocenters. The Kier molecular flexibility index (Phi) is 4.47. The number of aliphatic carboxylic acids is 1. The van der Waals surface area contributed by atoms with Crippen molar-refractivity contribution in [2.24, 2.45) is 0 Å². The van der Waals surface area contributed by atoms with Gasteiger partial charge in [0.05, 0.1) is 5.56 Å². The SMILES string of the molecule is O=C(NC1(C(=O)O)CCOCC1)c1ccc(Cl)nc1Cl. The molecule has 0 aliphatic carbocycles. The van der Waals surface area contributed by atoms with Gasteiger partial charge < -0.3 is 15.2 Å². The van der Waals surface area contributed by atoms with E-state index < -0.39 is 17.4 Å². The van der Waals surface area contributed by atoms with Crippen molar-refractivity contribution in [3.8, 4) is 0 Å². The van der Waals surface area contributed by atoms with Crippen LogP contribution in [0.5, 0.6) is 0 Å². The van der Waals surface area contributed by atoms with Crippen LogP contribution >= 0.6 is 23.2 Å². The van der Waals surface area contributed by atoms with E-state index in [1.807, 2.05) is 0 Å². The van der Waals surface area contributed by atoms with Gasteiger partial charge in [0.25, 0.3) is 5.91 Å². The molecule has 8 heteroatoms. The molecule has 1 aromatic heterocycles. The lowest BCUT2D eigenvalue weighted by atomic mass is 9.90. The van der Waals surface area contributed by atoms with Crippen LogP contribution in [0.15, 0.2) is 12.1 Å². The normalized spacial score (nSPS) is 17.5. The molecule has 2 N–H and O–H groups in total. The van der Waals surface area contributed by atoms with Crippen LogP contribution < -0.4 is 5.32 Å². The Hall–Kier alpha value is -1.37. The molecule has 0 spiro atoms. The number of halogens is 2. The van der Waals surface area contributed by atoms with Gasteiger partial charge in [0, 0.05) is 26.1 Å². The summed E-state index contributed by atoms with van der Waals surface area (Å²) in [5.74, 6) is -1.68. The molecule has 2 rings (SSSR count). The Bertz CT molecular complexity index is 544. The second kappa shape index (κ2) is 5.95. The molecule has 20 heavy (non-hydrogen) atoms. The first-order chi connectivity index (χ1) is 9.44. The highest BCUT2D eigenvalue weighted by Gasteiger charge is 2.42. The lowest BCUT2D eigenvalue weighted by Gasteiger charge is -2.33. The third-order valence-corrected chi connectivity index (χ3v) is 3.67. The Morgan fingerprint density at radius 2 is 1.95 bits per heavy atom. The van der Waals surface area contributed by atoms with Gasteiger partial charge in [-0.3, -0.25) is 4.79 Å². The minimum Gasteiger partial charge on any atom is -0.480 e. The summed E-state index contributed by atoms with van der Waals surface area (Å²) in [5.41, 5.74) is -1.25. The van der Waals surface area contributed by atoms with Crippen LogP contribution in [-0.2, 0) is 9.53 Å². The van der Waals surface area contributed by atoms with Gasteiger partial charge in [-0.05, 0) is 12.1 Å². The molecule has 2 heterocycles. The summed E-state index contributed by atoms with van der Waals surface area (Å²) in [6, 6.07) is 2.82. The Balaban J connectivity index is 2.22. The van der Waals surface area contributed by atoms with Gasteiger partial charge in [-0.15, -0.1) is 0 Å². The van der Waals surface area contributed by atoms with Crippen molar-refractivity contribution in [1.29, 1.82) is 0 Å². The third-order valence-electron chi connectivity index (χ3n) is 3.17. The van der Waals surface area contributed by atoms with E-state index in [1.165, 1.54) is 12.1 Å². The zero-order valence-corrected chi connectivity index (χ0v) is 11.9. The molecular formula is C12H12Cl2N2O4. The van der Waals surface area contributed by atoms with Crippen LogP contribution in [0.2, 0.25) is 10.3 Å². The average Bonchev–Trinajstić information content (AvgIpc) is 2.39. The molecule has 108 valence electrons. The van der Waals surface area contributed by atoms with Crippen molar-refractivity contribution < 1.29 is 19.4 Å². The maximum atomic E-state index is 12.2. The fraction of sp³-hybridized carbons (Fsp3) is 0.417. The van der Waals surface area contributed by atoms with Gasteiger partial charge in [0.1, 0.15) is 15.8 Å². The molecule has 0 aromatic carbocycles. The highest BCUT2D eigenvalue weighted by molar-refractivity contribution is 6.34. The zero-order chi connectivity index (χ0) is 14.8. The summed E-state index contributed by atoms with van der Waals surface area (Å²) in [7, 11) is 0. The molecule has 1 aliphatic heterocycles. The predicted octanol–water partition coefficient (Wildman–Crippen LogP) is 1.75. The quantitative estimate of drug-likeness (QED) is 0.829. The van der Waals surface area contributed by atoms with E-state index in [-0.39, 0.29) is 41.9 Å². The first kappa shape index (κ1) is 15.0. The maximum absolute atomic E-state index is 12.2. The molecule has 6 nitrogen and oxygen atoms in total. The van der Waals surface area contributed by atoms with E-state index in [0.717, 1.165) is 0 Å². The fourth-order valence-electron chi connectivity index (χ4n) is 1.98. The Labute approximate surface area is 125 Å². The summed E-state index contributed by atoms with van der Waals surface area (Å²) in [4.78, 5) is 27.4. The summed E-state index contributed by atoms with van der Waals surface area (Å²) < 4.78 is 5.13. The molecule has 0 radical (unpaired) electrons. The molecule has 1 fully saturated rings. The van der Waals surface area contributed by atoms with E-state index >= 15 is 0 Å². The molecule has 0 atom stereocenters. The number of pyridine rings is 1. The molecular weight excluding hydrogens is 307 g/mol. The molecule has 0 saturated carbocycles. The number of hydrogen-bond acceptors (Lipinski definition) is 4. The van der Waals surface area contributed by atoms with E-state index in [0.29, 0.717) is 0 Å². The zero-order valence-electron chi connectivity index (χ0n) is 10.4. The van der Waals surface area contributed by atoms with Crippen molar-refractivity contribution in [2.75, 3.05) is 13.2 Å². The van der Waals surface area contributed by atoms with Crippen LogP contribution in [-0.4, -0.2) is 40.7 Å². The maximum Gasteiger partial charge on any atom is 0.329 e. The number of amides is 1. The van der Waals surface area contributed by atoms with Crippen LogP contribution in [0.25, 0.3) is 0 Å². The van der Waals surface area contributed by atoms with Crippen LogP contribution in [0, 0.1) is 0 Å². The third kappa shape index (κ3) is 3.03. The summed E-state index contributed by atoms with van der Waals surface area (Å²) in [5, 5.41) is 12.0. The second-order valence-electron chi connectivity index (χ2n) is 4.43. The number of carboxylic acids is 1. The van der Waals surface area contributed by atoms with Crippen LogP contribution in [0.4, 0.5) is 0 Å². The smallest absolute Gasteiger partial charge is 0.329 e. The van der Waals surface area contributed by atoms with Gasteiger partial charge in [0.15, 0.2) is 0 Å². The standard InChI is InChI=1S/C12H12Cl2N2O4/c13-8-2-1-7(9(14)15-8)10(17)16-12(11(18)19)3-5-20-6-4-12/h1-2H,3-6H2,(H,16,17)(H,18,19). The fourth-order valence-corrected chi connectivity index (χ4v) is 2.41. The number of hydrogen-bond donors (Lipinski definition) is 2.